The molecule has 4 aromatic rings. The normalized spacial score (nSPS) is 11.2. The first-order valence-corrected chi connectivity index (χ1v) is 7.67. The van der Waals surface area contributed by atoms with Crippen molar-refractivity contribution in [1.82, 2.24) is 9.78 Å². The van der Waals surface area contributed by atoms with Gasteiger partial charge in [0.15, 0.2) is 5.78 Å². The summed E-state index contributed by atoms with van der Waals surface area (Å²) < 4.78 is 6.75. The summed E-state index contributed by atoms with van der Waals surface area (Å²) in [4.78, 5) is 24.4. The van der Waals surface area contributed by atoms with Crippen LogP contribution in [0.4, 0.5) is 0 Å². The third kappa shape index (κ3) is 2.49. The molecule has 0 fully saturated rings. The summed E-state index contributed by atoms with van der Waals surface area (Å²) in [6.07, 6.45) is 1.54. The van der Waals surface area contributed by atoms with Crippen LogP contribution in [0.25, 0.3) is 21.9 Å². The molecule has 0 saturated carbocycles. The zero-order chi connectivity index (χ0) is 16.7. The molecule has 0 saturated heterocycles. The van der Waals surface area contributed by atoms with Crippen molar-refractivity contribution >= 4 is 39.3 Å². The molecular weight excluding hydrogens is 328 g/mol. The predicted molar refractivity (Wildman–Crippen MR) is 91.6 cm³/mol. The largest absolute Gasteiger partial charge is 0.422 e. The summed E-state index contributed by atoms with van der Waals surface area (Å²) >= 11 is 5.83. The van der Waals surface area contributed by atoms with Gasteiger partial charge in [0.05, 0.1) is 0 Å². The van der Waals surface area contributed by atoms with Crippen molar-refractivity contribution in [2.24, 2.45) is 0 Å². The van der Waals surface area contributed by atoms with Crippen molar-refractivity contribution in [3.05, 3.63) is 75.7 Å². The van der Waals surface area contributed by atoms with E-state index in [1.54, 1.807) is 42.6 Å². The van der Waals surface area contributed by atoms with Gasteiger partial charge in [-0.25, -0.2) is 4.79 Å². The number of para-hydroxylation sites is 1. The van der Waals surface area contributed by atoms with E-state index >= 15 is 0 Å². The Morgan fingerprint density at radius 1 is 1.08 bits per heavy atom. The molecule has 0 aliphatic rings. The average Bonchev–Trinajstić information content (AvgIpc) is 3.00. The third-order valence-electron chi connectivity index (χ3n) is 3.80. The van der Waals surface area contributed by atoms with Gasteiger partial charge in [0.25, 0.3) is 0 Å². The molecular formula is C18H11ClN2O3. The van der Waals surface area contributed by atoms with Crippen LogP contribution < -0.4 is 5.63 Å². The number of ketones is 1. The molecule has 0 aliphatic heterocycles. The van der Waals surface area contributed by atoms with Crippen LogP contribution in [-0.4, -0.2) is 15.6 Å². The Bertz CT molecular complexity index is 1130. The standard InChI is InChI=1S/C18H11ClN2O3/c19-12-7-5-11(6-8-12)15(22)10-21-9-14-17(20-21)13-3-1-2-4-16(13)24-18(14)23/h1-9H,10H2. The number of Topliss-reactive ketones (excluding diaryl/α,β-unsaturated/α-hetero) is 1. The predicted octanol–water partition coefficient (Wildman–Crippen LogP) is 3.68. The molecule has 0 atom stereocenters. The van der Waals surface area contributed by atoms with E-state index in [-0.39, 0.29) is 12.3 Å². The number of fused-ring (bicyclic) bond motifs is 3. The van der Waals surface area contributed by atoms with E-state index in [2.05, 4.69) is 5.10 Å². The van der Waals surface area contributed by atoms with E-state index in [9.17, 15) is 9.59 Å². The van der Waals surface area contributed by atoms with Crippen molar-refractivity contribution in [3.63, 3.8) is 0 Å². The number of nitrogens with zero attached hydrogens (tertiary/aromatic N) is 2. The smallest absolute Gasteiger partial charge is 0.347 e. The Labute approximate surface area is 141 Å². The monoisotopic (exact) mass is 338 g/mol. The van der Waals surface area contributed by atoms with E-state index in [1.165, 1.54) is 4.68 Å². The third-order valence-corrected chi connectivity index (χ3v) is 4.05. The second-order valence-corrected chi connectivity index (χ2v) is 5.84. The van der Waals surface area contributed by atoms with Gasteiger partial charge in [0.2, 0.25) is 0 Å². The molecule has 0 radical (unpaired) electrons. The Balaban J connectivity index is 1.76. The highest BCUT2D eigenvalue weighted by Crippen LogP contribution is 2.21. The molecule has 6 heteroatoms. The van der Waals surface area contributed by atoms with E-state index in [4.69, 9.17) is 16.0 Å². The number of halogens is 1. The van der Waals surface area contributed by atoms with Gasteiger partial charge in [0.1, 0.15) is 23.0 Å². The van der Waals surface area contributed by atoms with Crippen LogP contribution in [0.5, 0.6) is 0 Å². The van der Waals surface area contributed by atoms with Gasteiger partial charge in [-0.15, -0.1) is 0 Å². The quantitative estimate of drug-likeness (QED) is 0.422. The minimum atomic E-state index is -0.464. The van der Waals surface area contributed by atoms with Gasteiger partial charge >= 0.3 is 5.63 Å². The summed E-state index contributed by atoms with van der Waals surface area (Å²) in [6, 6.07) is 13.8. The molecule has 0 aliphatic carbocycles. The molecule has 2 aromatic carbocycles. The Hall–Kier alpha value is -2.92. The fourth-order valence-electron chi connectivity index (χ4n) is 2.63. The molecule has 118 valence electrons. The fraction of sp³-hybridized carbons (Fsp3) is 0.0556. The van der Waals surface area contributed by atoms with Crippen LogP contribution in [0, 0.1) is 0 Å². The van der Waals surface area contributed by atoms with Gasteiger partial charge in [-0.2, -0.15) is 5.10 Å². The number of carbonyl (C=O) groups is 1. The first-order chi connectivity index (χ1) is 11.6. The lowest BCUT2D eigenvalue weighted by Crippen LogP contribution is -2.10. The molecule has 4 rings (SSSR count). The first-order valence-electron chi connectivity index (χ1n) is 7.29. The molecule has 5 nitrogen and oxygen atoms in total. The summed E-state index contributed by atoms with van der Waals surface area (Å²) in [5.74, 6) is -0.117. The summed E-state index contributed by atoms with van der Waals surface area (Å²) in [6.45, 7) is 0.0318. The Morgan fingerprint density at radius 2 is 1.83 bits per heavy atom. The number of rotatable bonds is 3. The highest BCUT2D eigenvalue weighted by Gasteiger charge is 2.13. The molecule has 0 spiro atoms. The van der Waals surface area contributed by atoms with Gasteiger partial charge in [-0.05, 0) is 36.4 Å². The Morgan fingerprint density at radius 3 is 2.62 bits per heavy atom. The maximum atomic E-state index is 12.3. The molecule has 0 unspecified atom stereocenters. The van der Waals surface area contributed by atoms with Gasteiger partial charge < -0.3 is 4.42 Å². The number of aromatic nitrogens is 2. The van der Waals surface area contributed by atoms with Gasteiger partial charge in [0, 0.05) is 22.2 Å². The number of hydrogen-bond acceptors (Lipinski definition) is 4. The van der Waals surface area contributed by atoms with Gasteiger partial charge in [-0.1, -0.05) is 23.7 Å². The number of hydrogen-bond donors (Lipinski definition) is 0. The SMILES string of the molecule is O=C(Cn1cc2c(=O)oc3ccccc3c2n1)c1ccc(Cl)cc1. The number of carbonyl (C=O) groups excluding carboxylic acids is 1. The van der Waals surface area contributed by atoms with E-state index in [1.807, 2.05) is 12.1 Å². The van der Waals surface area contributed by atoms with Crippen molar-refractivity contribution in [2.75, 3.05) is 0 Å². The summed E-state index contributed by atoms with van der Waals surface area (Å²) in [5, 5.41) is 6.06. The van der Waals surface area contributed by atoms with Crippen molar-refractivity contribution in [1.29, 1.82) is 0 Å². The minimum absolute atomic E-state index is 0.0318. The highest BCUT2D eigenvalue weighted by molar-refractivity contribution is 6.30. The molecule has 24 heavy (non-hydrogen) atoms. The number of benzene rings is 2. The zero-order valence-corrected chi connectivity index (χ0v) is 13.2. The summed E-state index contributed by atoms with van der Waals surface area (Å²) in [5.41, 5.74) is 1.08. The van der Waals surface area contributed by atoms with E-state index in [0.717, 1.165) is 5.39 Å². The van der Waals surface area contributed by atoms with E-state index in [0.29, 0.717) is 27.1 Å². The van der Waals surface area contributed by atoms with Crippen LogP contribution in [0.3, 0.4) is 0 Å². The second-order valence-electron chi connectivity index (χ2n) is 5.40. The van der Waals surface area contributed by atoms with Crippen molar-refractivity contribution < 1.29 is 9.21 Å². The molecule has 0 amide bonds. The average molecular weight is 339 g/mol. The van der Waals surface area contributed by atoms with Gasteiger partial charge in [-0.3, -0.25) is 9.48 Å². The van der Waals surface area contributed by atoms with Crippen LogP contribution in [0.2, 0.25) is 5.02 Å². The lowest BCUT2D eigenvalue weighted by Gasteiger charge is -2.01. The van der Waals surface area contributed by atoms with Crippen LogP contribution >= 0.6 is 11.6 Å². The molecule has 0 bridgehead atoms. The maximum absolute atomic E-state index is 12.3. The highest BCUT2D eigenvalue weighted by atomic mass is 35.5. The van der Waals surface area contributed by atoms with Crippen molar-refractivity contribution in [3.8, 4) is 0 Å². The van der Waals surface area contributed by atoms with Crippen molar-refractivity contribution in [2.45, 2.75) is 6.54 Å². The minimum Gasteiger partial charge on any atom is -0.422 e. The second kappa shape index (κ2) is 5.62. The molecule has 2 aromatic heterocycles. The molecule has 2 heterocycles. The maximum Gasteiger partial charge on any atom is 0.347 e. The first kappa shape index (κ1) is 14.7. The lowest BCUT2D eigenvalue weighted by molar-refractivity contribution is 0.0968. The van der Waals surface area contributed by atoms with Crippen LogP contribution in [-0.2, 0) is 6.54 Å². The Kier molecular flexibility index (Phi) is 3.43. The van der Waals surface area contributed by atoms with Crippen LogP contribution in [0.15, 0.2) is 63.9 Å². The topological polar surface area (TPSA) is 65.1 Å². The van der Waals surface area contributed by atoms with E-state index < -0.39 is 5.63 Å². The zero-order valence-electron chi connectivity index (χ0n) is 12.4. The molecule has 0 N–H and O–H groups in total. The fourth-order valence-corrected chi connectivity index (χ4v) is 2.76. The summed E-state index contributed by atoms with van der Waals surface area (Å²) in [7, 11) is 0. The van der Waals surface area contributed by atoms with Crippen LogP contribution in [0.1, 0.15) is 10.4 Å². The lowest BCUT2D eigenvalue weighted by atomic mass is 10.1.